The Bertz CT molecular complexity index is 844. The number of aromatic nitrogens is 3. The van der Waals surface area contributed by atoms with E-state index in [0.29, 0.717) is 16.7 Å². The number of nitrogens with one attached hydrogen (secondary N) is 1. The second kappa shape index (κ2) is 5.17. The molecule has 6 nitrogen and oxygen atoms in total. The van der Waals surface area contributed by atoms with Gasteiger partial charge in [0.2, 0.25) is 0 Å². The summed E-state index contributed by atoms with van der Waals surface area (Å²) in [5.74, 6) is -1.04. The van der Waals surface area contributed by atoms with Crippen LogP contribution in [0.3, 0.4) is 0 Å². The number of rotatable bonds is 3. The SMILES string of the molecule is Cn1ncc2c(Nc3ccccc3Br)c(C(=O)O)cnc21. The van der Waals surface area contributed by atoms with Crippen LogP contribution in [0, 0.1) is 0 Å². The van der Waals surface area contributed by atoms with E-state index in [4.69, 9.17) is 0 Å². The normalized spacial score (nSPS) is 10.8. The summed E-state index contributed by atoms with van der Waals surface area (Å²) >= 11 is 3.44. The number of carbonyl (C=O) groups is 1. The Balaban J connectivity index is 2.21. The number of benzene rings is 1. The van der Waals surface area contributed by atoms with Crippen molar-refractivity contribution in [3.05, 3.63) is 46.7 Å². The number of pyridine rings is 1. The van der Waals surface area contributed by atoms with Gasteiger partial charge in [-0.2, -0.15) is 5.10 Å². The molecule has 3 rings (SSSR count). The average Bonchev–Trinajstić information content (AvgIpc) is 2.83. The predicted molar refractivity (Wildman–Crippen MR) is 82.9 cm³/mol. The van der Waals surface area contributed by atoms with Crippen LogP contribution in [0.1, 0.15) is 10.4 Å². The highest BCUT2D eigenvalue weighted by atomic mass is 79.9. The fourth-order valence-electron chi connectivity index (χ4n) is 2.09. The van der Waals surface area contributed by atoms with Crippen LogP contribution in [0.15, 0.2) is 41.1 Å². The van der Waals surface area contributed by atoms with Crippen molar-refractivity contribution >= 4 is 44.3 Å². The molecule has 0 aliphatic carbocycles. The van der Waals surface area contributed by atoms with Crippen molar-refractivity contribution in [3.8, 4) is 0 Å². The average molecular weight is 347 g/mol. The zero-order valence-electron chi connectivity index (χ0n) is 11.0. The molecular weight excluding hydrogens is 336 g/mol. The quantitative estimate of drug-likeness (QED) is 0.761. The van der Waals surface area contributed by atoms with Gasteiger partial charge in [0, 0.05) is 17.7 Å². The lowest BCUT2D eigenvalue weighted by molar-refractivity contribution is 0.0697. The molecular formula is C14H11BrN4O2. The van der Waals surface area contributed by atoms with Gasteiger partial charge in [0.25, 0.3) is 0 Å². The minimum Gasteiger partial charge on any atom is -0.478 e. The second-order valence-electron chi connectivity index (χ2n) is 4.46. The van der Waals surface area contributed by atoms with Crippen molar-refractivity contribution in [2.45, 2.75) is 0 Å². The molecule has 0 radical (unpaired) electrons. The molecule has 0 fully saturated rings. The lowest BCUT2D eigenvalue weighted by atomic mass is 10.1. The van der Waals surface area contributed by atoms with Crippen molar-refractivity contribution in [2.24, 2.45) is 7.05 Å². The fraction of sp³-hybridized carbons (Fsp3) is 0.0714. The van der Waals surface area contributed by atoms with E-state index in [1.165, 1.54) is 6.20 Å². The molecule has 0 amide bonds. The molecule has 21 heavy (non-hydrogen) atoms. The van der Waals surface area contributed by atoms with Crippen molar-refractivity contribution in [1.82, 2.24) is 14.8 Å². The van der Waals surface area contributed by atoms with Crippen LogP contribution >= 0.6 is 15.9 Å². The summed E-state index contributed by atoms with van der Waals surface area (Å²) in [5, 5.41) is 17.3. The minimum absolute atomic E-state index is 0.103. The van der Waals surface area contributed by atoms with Gasteiger partial charge >= 0.3 is 5.97 Å². The largest absolute Gasteiger partial charge is 0.478 e. The highest BCUT2D eigenvalue weighted by Gasteiger charge is 2.17. The number of anilines is 2. The van der Waals surface area contributed by atoms with Crippen LogP contribution in [-0.4, -0.2) is 25.8 Å². The molecule has 0 saturated heterocycles. The summed E-state index contributed by atoms with van der Waals surface area (Å²) in [6, 6.07) is 7.50. The van der Waals surface area contributed by atoms with Gasteiger partial charge in [-0.3, -0.25) is 4.68 Å². The van der Waals surface area contributed by atoms with Crippen LogP contribution in [-0.2, 0) is 7.05 Å². The smallest absolute Gasteiger partial charge is 0.339 e. The zero-order chi connectivity index (χ0) is 15.0. The Morgan fingerprint density at radius 3 is 2.81 bits per heavy atom. The molecule has 7 heteroatoms. The van der Waals surface area contributed by atoms with E-state index in [9.17, 15) is 9.90 Å². The van der Waals surface area contributed by atoms with Crippen molar-refractivity contribution < 1.29 is 9.90 Å². The predicted octanol–water partition coefficient (Wildman–Crippen LogP) is 3.17. The highest BCUT2D eigenvalue weighted by molar-refractivity contribution is 9.10. The van der Waals surface area contributed by atoms with E-state index in [1.54, 1.807) is 17.9 Å². The molecule has 1 aromatic carbocycles. The van der Waals surface area contributed by atoms with Crippen molar-refractivity contribution in [3.63, 3.8) is 0 Å². The summed E-state index contributed by atoms with van der Waals surface area (Å²) < 4.78 is 2.45. The molecule has 0 bridgehead atoms. The molecule has 0 unspecified atom stereocenters. The third-order valence-electron chi connectivity index (χ3n) is 3.13. The molecule has 2 aromatic heterocycles. The lowest BCUT2D eigenvalue weighted by Gasteiger charge is -2.12. The van der Waals surface area contributed by atoms with Crippen molar-refractivity contribution in [1.29, 1.82) is 0 Å². The van der Waals surface area contributed by atoms with E-state index < -0.39 is 5.97 Å². The van der Waals surface area contributed by atoms with Gasteiger partial charge < -0.3 is 10.4 Å². The highest BCUT2D eigenvalue weighted by Crippen LogP contribution is 2.31. The number of para-hydroxylation sites is 1. The molecule has 2 N–H and O–H groups in total. The Morgan fingerprint density at radius 2 is 2.10 bits per heavy atom. The van der Waals surface area contributed by atoms with Crippen LogP contribution < -0.4 is 5.32 Å². The first-order valence-corrected chi connectivity index (χ1v) is 6.93. The van der Waals surface area contributed by atoms with Gasteiger partial charge in [0.1, 0.15) is 5.56 Å². The molecule has 3 aromatic rings. The molecule has 0 aliphatic heterocycles. The Hall–Kier alpha value is -2.41. The third-order valence-corrected chi connectivity index (χ3v) is 3.82. The molecule has 0 aliphatic rings. The summed E-state index contributed by atoms with van der Waals surface area (Å²) in [7, 11) is 1.76. The van der Waals surface area contributed by atoms with E-state index in [1.807, 2.05) is 24.3 Å². The van der Waals surface area contributed by atoms with Crippen molar-refractivity contribution in [2.75, 3.05) is 5.32 Å². The van der Waals surface area contributed by atoms with Gasteiger partial charge in [0.05, 0.1) is 23.0 Å². The molecule has 106 valence electrons. The van der Waals surface area contributed by atoms with Gasteiger partial charge in [-0.15, -0.1) is 0 Å². The van der Waals surface area contributed by atoms with Gasteiger partial charge in [-0.05, 0) is 28.1 Å². The van der Waals surface area contributed by atoms with Crippen LogP contribution in [0.4, 0.5) is 11.4 Å². The molecule has 0 atom stereocenters. The first-order valence-electron chi connectivity index (χ1n) is 6.13. The van der Waals surface area contributed by atoms with Crippen LogP contribution in [0.25, 0.3) is 11.0 Å². The summed E-state index contributed by atoms with van der Waals surface area (Å²) in [6.45, 7) is 0. The number of fused-ring (bicyclic) bond motifs is 1. The van der Waals surface area contributed by atoms with E-state index >= 15 is 0 Å². The number of nitrogens with zero attached hydrogens (tertiary/aromatic N) is 3. The topological polar surface area (TPSA) is 80.0 Å². The van der Waals surface area contributed by atoms with Crippen LogP contribution in [0.2, 0.25) is 0 Å². The first kappa shape index (κ1) is 13.6. The Kier molecular flexibility index (Phi) is 3.34. The number of hydrogen-bond donors (Lipinski definition) is 2. The molecule has 0 saturated carbocycles. The standard InChI is InChI=1S/C14H11BrN4O2/c1-19-13-8(7-17-19)12(9(6-16-13)14(20)21)18-11-5-3-2-4-10(11)15/h2-7H,1H3,(H,16,18)(H,20,21). The maximum Gasteiger partial charge on any atom is 0.339 e. The maximum atomic E-state index is 11.4. The molecule has 2 heterocycles. The number of hydrogen-bond acceptors (Lipinski definition) is 4. The molecule has 0 spiro atoms. The van der Waals surface area contributed by atoms with E-state index in [-0.39, 0.29) is 5.56 Å². The minimum atomic E-state index is -1.04. The summed E-state index contributed by atoms with van der Waals surface area (Å²) in [4.78, 5) is 15.6. The van der Waals surface area contributed by atoms with E-state index in [2.05, 4.69) is 31.3 Å². The number of carboxylic acids is 1. The third kappa shape index (κ3) is 2.36. The Labute approximate surface area is 128 Å². The lowest BCUT2D eigenvalue weighted by Crippen LogP contribution is -2.05. The van der Waals surface area contributed by atoms with Gasteiger partial charge in [-0.25, -0.2) is 9.78 Å². The number of carboxylic acid groups (broad SMARTS) is 1. The first-order chi connectivity index (χ1) is 10.1. The van der Waals surface area contributed by atoms with Gasteiger partial charge in [0.15, 0.2) is 5.65 Å². The second-order valence-corrected chi connectivity index (χ2v) is 5.32. The Morgan fingerprint density at radius 1 is 1.33 bits per heavy atom. The summed E-state index contributed by atoms with van der Waals surface area (Å²) in [6.07, 6.45) is 2.94. The van der Waals surface area contributed by atoms with Crippen LogP contribution in [0.5, 0.6) is 0 Å². The fourth-order valence-corrected chi connectivity index (χ4v) is 2.47. The summed E-state index contributed by atoms with van der Waals surface area (Å²) in [5.41, 5.74) is 1.98. The van der Waals surface area contributed by atoms with E-state index in [0.717, 1.165) is 10.2 Å². The van der Waals surface area contributed by atoms with Gasteiger partial charge in [-0.1, -0.05) is 12.1 Å². The number of aryl methyl sites for hydroxylation is 1. The zero-order valence-corrected chi connectivity index (χ0v) is 12.6. The number of halogens is 1. The number of aromatic carboxylic acids is 1. The maximum absolute atomic E-state index is 11.4. The monoisotopic (exact) mass is 346 g/mol.